The molecule has 0 unspecified atom stereocenters. The van der Waals surface area contributed by atoms with Crippen LogP contribution in [0.5, 0.6) is 23.0 Å². The molecule has 5 rings (SSSR count). The van der Waals surface area contributed by atoms with E-state index >= 15 is 0 Å². The van der Waals surface area contributed by atoms with Gasteiger partial charge in [0.15, 0.2) is 5.60 Å². The molecule has 11 nitrogen and oxygen atoms in total. The maximum Gasteiger partial charge on any atom is 0.341 e. The van der Waals surface area contributed by atoms with Crippen LogP contribution in [0.4, 0.5) is 0 Å². The van der Waals surface area contributed by atoms with E-state index in [1.807, 2.05) is 0 Å². The maximum absolute atomic E-state index is 13.1. The maximum atomic E-state index is 13.1. The van der Waals surface area contributed by atoms with Crippen LogP contribution >= 0.6 is 23.2 Å². The molecule has 5 N–H and O–H groups in total. The molecule has 0 fully saturated rings. The summed E-state index contributed by atoms with van der Waals surface area (Å²) >= 11 is 12.3. The molecule has 13 heteroatoms. The lowest BCUT2D eigenvalue weighted by molar-refractivity contribution is 0.0224. The molecule has 182 valence electrons. The van der Waals surface area contributed by atoms with Crippen molar-refractivity contribution < 1.29 is 54.2 Å². The summed E-state index contributed by atoms with van der Waals surface area (Å²) in [6.07, 6.45) is 0. The molecule has 36 heavy (non-hydrogen) atoms. The Kier molecular flexibility index (Phi) is 4.85. The quantitative estimate of drug-likeness (QED) is 0.305. The second-order valence-electron chi connectivity index (χ2n) is 7.79. The average Bonchev–Trinajstić information content (AvgIpc) is 3.07. The summed E-state index contributed by atoms with van der Waals surface area (Å²) in [6, 6.07) is 4.72. The molecule has 3 aromatic rings. The van der Waals surface area contributed by atoms with Gasteiger partial charge in [0.2, 0.25) is 0 Å². The lowest BCUT2D eigenvalue weighted by atomic mass is 9.76. The molecule has 0 atom stereocenters. The summed E-state index contributed by atoms with van der Waals surface area (Å²) in [5.41, 5.74) is -4.88. The van der Waals surface area contributed by atoms with Gasteiger partial charge in [-0.15, -0.1) is 0 Å². The molecule has 2 heterocycles. The molecule has 0 saturated carbocycles. The number of benzene rings is 3. The van der Waals surface area contributed by atoms with E-state index in [9.17, 15) is 44.7 Å². The van der Waals surface area contributed by atoms with Crippen LogP contribution < -0.4 is 4.74 Å². The second-order valence-corrected chi connectivity index (χ2v) is 8.55. The predicted octanol–water partition coefficient (Wildman–Crippen LogP) is 4.07. The van der Waals surface area contributed by atoms with Crippen molar-refractivity contribution in [3.8, 4) is 23.0 Å². The normalized spacial score (nSPS) is 14.3. The van der Waals surface area contributed by atoms with Crippen LogP contribution in [0.3, 0.4) is 0 Å². The fraction of sp³-hybridized carbons (Fsp3) is 0.0435. The third kappa shape index (κ3) is 2.93. The number of halogens is 2. The minimum Gasteiger partial charge on any atom is -0.507 e. The van der Waals surface area contributed by atoms with E-state index in [0.717, 1.165) is 30.3 Å². The van der Waals surface area contributed by atoms with Gasteiger partial charge in [0, 0.05) is 28.8 Å². The van der Waals surface area contributed by atoms with E-state index in [-0.39, 0.29) is 33.8 Å². The molecule has 0 radical (unpaired) electrons. The van der Waals surface area contributed by atoms with Crippen LogP contribution in [-0.2, 0) is 10.3 Å². The molecule has 2 aliphatic rings. The van der Waals surface area contributed by atoms with Crippen LogP contribution in [-0.4, -0.2) is 49.4 Å². The number of ether oxygens (including phenoxy) is 2. The summed E-state index contributed by atoms with van der Waals surface area (Å²) in [7, 11) is 0. The number of rotatable bonds is 3. The molecule has 3 aromatic carbocycles. The number of carboxylic acids is 3. The van der Waals surface area contributed by atoms with Crippen molar-refractivity contribution in [3.05, 3.63) is 79.3 Å². The van der Waals surface area contributed by atoms with E-state index in [2.05, 4.69) is 0 Å². The first-order valence-corrected chi connectivity index (χ1v) is 10.5. The third-order valence-electron chi connectivity index (χ3n) is 5.90. The molecule has 0 amide bonds. The van der Waals surface area contributed by atoms with Crippen LogP contribution in [0.15, 0.2) is 30.3 Å². The summed E-state index contributed by atoms with van der Waals surface area (Å²) in [5.74, 6) is -7.58. The molecule has 0 aromatic heterocycles. The number of hydrogen-bond donors (Lipinski definition) is 5. The summed E-state index contributed by atoms with van der Waals surface area (Å²) in [6.45, 7) is 0. The van der Waals surface area contributed by atoms with E-state index in [0.29, 0.717) is 0 Å². The van der Waals surface area contributed by atoms with Gasteiger partial charge in [-0.25, -0.2) is 19.2 Å². The van der Waals surface area contributed by atoms with E-state index < -0.39 is 67.7 Å². The van der Waals surface area contributed by atoms with Crippen molar-refractivity contribution in [2.24, 2.45) is 0 Å². The molecule has 0 aliphatic carbocycles. The lowest BCUT2D eigenvalue weighted by Gasteiger charge is -2.37. The molecule has 0 bridgehead atoms. The molecule has 1 spiro atoms. The summed E-state index contributed by atoms with van der Waals surface area (Å²) < 4.78 is 11.4. The minimum atomic E-state index is -2.19. The highest BCUT2D eigenvalue weighted by Crippen LogP contribution is 2.59. The van der Waals surface area contributed by atoms with Gasteiger partial charge in [-0.05, 0) is 18.2 Å². The van der Waals surface area contributed by atoms with Crippen LogP contribution in [0.1, 0.15) is 58.1 Å². The fourth-order valence-electron chi connectivity index (χ4n) is 4.37. The Hall–Kier alpha value is -4.48. The van der Waals surface area contributed by atoms with E-state index in [1.165, 1.54) is 0 Å². The number of fused-ring (bicyclic) bond motifs is 6. The fourth-order valence-corrected chi connectivity index (χ4v) is 4.88. The van der Waals surface area contributed by atoms with Gasteiger partial charge in [0.1, 0.15) is 34.1 Å². The molecule has 2 aliphatic heterocycles. The third-order valence-corrected chi connectivity index (χ3v) is 6.77. The lowest BCUT2D eigenvalue weighted by Crippen LogP contribution is -2.34. The summed E-state index contributed by atoms with van der Waals surface area (Å²) in [5, 5.41) is 48.3. The number of hydrogen-bond acceptors (Lipinski definition) is 8. The Labute approximate surface area is 209 Å². The minimum absolute atomic E-state index is 0.186. The Balaban J connectivity index is 1.99. The average molecular weight is 533 g/mol. The zero-order valence-electron chi connectivity index (χ0n) is 17.3. The number of phenols is 2. The van der Waals surface area contributed by atoms with Crippen molar-refractivity contribution >= 4 is 47.1 Å². The largest absolute Gasteiger partial charge is 0.507 e. The SMILES string of the molecule is O=C(O)c1cc2c(cc1O)Oc1cc(O)c(C(=O)O)cc1C21OC(=O)c2c1cc(C(=O)O)c(Cl)c2Cl. The second kappa shape index (κ2) is 7.51. The van der Waals surface area contributed by atoms with Gasteiger partial charge in [0.25, 0.3) is 0 Å². The molecule has 0 saturated heterocycles. The van der Waals surface area contributed by atoms with Gasteiger partial charge >= 0.3 is 23.9 Å². The van der Waals surface area contributed by atoms with Crippen LogP contribution in [0.2, 0.25) is 10.0 Å². The van der Waals surface area contributed by atoms with Gasteiger partial charge in [-0.2, -0.15) is 0 Å². The first-order valence-electron chi connectivity index (χ1n) is 9.77. The predicted molar refractivity (Wildman–Crippen MR) is 119 cm³/mol. The Morgan fingerprint density at radius 3 is 1.58 bits per heavy atom. The first kappa shape index (κ1) is 23.3. The Morgan fingerprint density at radius 1 is 0.694 bits per heavy atom. The number of carboxylic acid groups (broad SMARTS) is 3. The zero-order chi connectivity index (χ0) is 26.3. The standard InChI is InChI=1S/C23H10Cl2O11/c24-17-8(21(32)33)3-11-16(18(17)25)22(34)36-23(11)9-1-6(19(28)29)12(26)4-14(9)35-15-5-13(27)7(20(30)31)2-10(15)23/h1-5,26-27H,(H,28,29)(H,30,31)(H,32,33). The van der Waals surface area contributed by atoms with Crippen molar-refractivity contribution in [1.82, 2.24) is 0 Å². The Bertz CT molecular complexity index is 1520. The number of carbonyl (C=O) groups excluding carboxylic acids is 1. The highest BCUT2D eigenvalue weighted by atomic mass is 35.5. The van der Waals surface area contributed by atoms with Gasteiger partial charge in [0.05, 0.1) is 21.2 Å². The number of aromatic hydroxyl groups is 2. The molecular weight excluding hydrogens is 523 g/mol. The first-order chi connectivity index (χ1) is 16.9. The smallest absolute Gasteiger partial charge is 0.341 e. The topological polar surface area (TPSA) is 188 Å². The highest BCUT2D eigenvalue weighted by Gasteiger charge is 2.56. The van der Waals surface area contributed by atoms with Gasteiger partial charge < -0.3 is 35.0 Å². The number of esters is 1. The highest BCUT2D eigenvalue weighted by molar-refractivity contribution is 6.45. The number of aromatic carboxylic acids is 3. The van der Waals surface area contributed by atoms with E-state index in [4.69, 9.17) is 32.7 Å². The zero-order valence-corrected chi connectivity index (χ0v) is 18.8. The van der Waals surface area contributed by atoms with Crippen molar-refractivity contribution in [1.29, 1.82) is 0 Å². The van der Waals surface area contributed by atoms with Crippen molar-refractivity contribution in [2.45, 2.75) is 5.60 Å². The molecular formula is C23H10Cl2O11. The van der Waals surface area contributed by atoms with Gasteiger partial charge in [-0.1, -0.05) is 23.2 Å². The van der Waals surface area contributed by atoms with E-state index in [1.54, 1.807) is 0 Å². The monoisotopic (exact) mass is 532 g/mol. The van der Waals surface area contributed by atoms with Crippen molar-refractivity contribution in [2.75, 3.05) is 0 Å². The van der Waals surface area contributed by atoms with Crippen LogP contribution in [0.25, 0.3) is 0 Å². The number of carbonyl (C=O) groups is 4. The van der Waals surface area contributed by atoms with Crippen LogP contribution in [0, 0.1) is 0 Å². The summed E-state index contributed by atoms with van der Waals surface area (Å²) in [4.78, 5) is 48.5. The van der Waals surface area contributed by atoms with Crippen molar-refractivity contribution in [3.63, 3.8) is 0 Å². The van der Waals surface area contributed by atoms with Gasteiger partial charge in [-0.3, -0.25) is 0 Å². The Morgan fingerprint density at radius 2 is 1.14 bits per heavy atom.